The molecule has 2 unspecified atom stereocenters. The second-order valence-corrected chi connectivity index (χ2v) is 4.87. The number of carbonyl (C=O) groups excluding carboxylic acids is 1. The van der Waals surface area contributed by atoms with Gasteiger partial charge in [-0.05, 0) is 31.7 Å². The zero-order chi connectivity index (χ0) is 13.1. The molecule has 0 aliphatic carbocycles. The van der Waals surface area contributed by atoms with Gasteiger partial charge in [0.15, 0.2) is 0 Å². The molecule has 1 amide bonds. The van der Waals surface area contributed by atoms with E-state index in [1.54, 1.807) is 11.0 Å². The van der Waals surface area contributed by atoms with Crippen LogP contribution in [0.3, 0.4) is 0 Å². The summed E-state index contributed by atoms with van der Waals surface area (Å²) >= 11 is 0. The minimum atomic E-state index is -0.274. The number of aliphatic hydroxyl groups is 1. The van der Waals surface area contributed by atoms with Crippen molar-refractivity contribution in [2.24, 2.45) is 5.92 Å². The first kappa shape index (κ1) is 12.8. The minimum absolute atomic E-state index is 0.103. The van der Waals surface area contributed by atoms with Gasteiger partial charge in [0.05, 0.1) is 0 Å². The molecular weight excluding hydrogens is 232 g/mol. The molecule has 1 saturated heterocycles. The monoisotopic (exact) mass is 250 g/mol. The van der Waals surface area contributed by atoms with Gasteiger partial charge in [-0.25, -0.2) is 0 Å². The summed E-state index contributed by atoms with van der Waals surface area (Å²) in [7, 11) is 0. The van der Waals surface area contributed by atoms with Crippen molar-refractivity contribution >= 4 is 5.91 Å². The molecule has 2 N–H and O–H groups in total. The van der Waals surface area contributed by atoms with E-state index >= 15 is 0 Å². The van der Waals surface area contributed by atoms with Crippen molar-refractivity contribution in [3.8, 4) is 0 Å². The molecule has 1 fully saturated rings. The summed E-state index contributed by atoms with van der Waals surface area (Å²) in [4.78, 5) is 27.8. The van der Waals surface area contributed by atoms with Gasteiger partial charge in [0.1, 0.15) is 0 Å². The maximum atomic E-state index is 12.3. The number of aromatic nitrogens is 1. The smallest absolute Gasteiger partial charge is 0.254 e. The van der Waals surface area contributed by atoms with E-state index in [9.17, 15) is 14.7 Å². The molecule has 1 aliphatic rings. The Kier molecular flexibility index (Phi) is 3.81. The third kappa shape index (κ3) is 2.61. The number of carbonyl (C=O) groups is 1. The van der Waals surface area contributed by atoms with Crippen molar-refractivity contribution in [1.82, 2.24) is 9.88 Å². The molecule has 0 radical (unpaired) electrons. The Morgan fingerprint density at radius 2 is 2.33 bits per heavy atom. The summed E-state index contributed by atoms with van der Waals surface area (Å²) in [5.74, 6) is 0.0129. The number of pyridine rings is 1. The summed E-state index contributed by atoms with van der Waals surface area (Å²) in [6, 6.07) is 3.08. The highest BCUT2D eigenvalue weighted by molar-refractivity contribution is 5.94. The Bertz CT molecular complexity index is 483. The van der Waals surface area contributed by atoms with Crippen LogP contribution in [0.1, 0.15) is 30.1 Å². The molecule has 98 valence electrons. The summed E-state index contributed by atoms with van der Waals surface area (Å²) in [5, 5.41) is 9.20. The molecule has 0 bridgehead atoms. The van der Waals surface area contributed by atoms with E-state index in [0.717, 1.165) is 12.8 Å². The van der Waals surface area contributed by atoms with Crippen molar-refractivity contribution in [2.45, 2.75) is 25.8 Å². The molecule has 5 nitrogen and oxygen atoms in total. The Balaban J connectivity index is 2.19. The number of rotatable bonds is 2. The fourth-order valence-corrected chi connectivity index (χ4v) is 2.36. The maximum absolute atomic E-state index is 12.3. The van der Waals surface area contributed by atoms with E-state index < -0.39 is 0 Å². The number of aliphatic hydroxyl groups excluding tert-OH is 1. The summed E-state index contributed by atoms with van der Waals surface area (Å²) in [6.45, 7) is 2.66. The van der Waals surface area contributed by atoms with Crippen LogP contribution in [-0.2, 0) is 0 Å². The van der Waals surface area contributed by atoms with Crippen molar-refractivity contribution in [3.63, 3.8) is 0 Å². The first-order valence-electron chi connectivity index (χ1n) is 6.22. The highest BCUT2D eigenvalue weighted by Gasteiger charge is 2.29. The normalized spacial score (nSPS) is 24.0. The number of nitrogens with one attached hydrogen (secondary N) is 1. The SMILES string of the molecule is CC1CCC(CO)CN1C(=O)c1cc[nH]c(=O)c1. The average Bonchev–Trinajstić information content (AvgIpc) is 2.38. The quantitative estimate of drug-likeness (QED) is 0.807. The summed E-state index contributed by atoms with van der Waals surface area (Å²) < 4.78 is 0. The Labute approximate surface area is 105 Å². The lowest BCUT2D eigenvalue weighted by atomic mass is 9.93. The molecule has 2 atom stereocenters. The average molecular weight is 250 g/mol. The van der Waals surface area contributed by atoms with Crippen LogP contribution in [0.2, 0.25) is 0 Å². The van der Waals surface area contributed by atoms with Gasteiger partial charge in [-0.1, -0.05) is 0 Å². The van der Waals surface area contributed by atoms with Crippen LogP contribution in [-0.4, -0.2) is 40.1 Å². The number of nitrogens with zero attached hydrogens (tertiary/aromatic N) is 1. The van der Waals surface area contributed by atoms with Crippen LogP contribution >= 0.6 is 0 Å². The molecule has 5 heteroatoms. The fourth-order valence-electron chi connectivity index (χ4n) is 2.36. The third-order valence-corrected chi connectivity index (χ3v) is 3.52. The molecule has 1 aliphatic heterocycles. The van der Waals surface area contributed by atoms with Crippen LogP contribution in [0.4, 0.5) is 0 Å². The molecule has 0 saturated carbocycles. The van der Waals surface area contributed by atoms with Gasteiger partial charge in [-0.2, -0.15) is 0 Å². The Morgan fingerprint density at radius 1 is 1.56 bits per heavy atom. The first-order chi connectivity index (χ1) is 8.61. The third-order valence-electron chi connectivity index (χ3n) is 3.52. The molecule has 18 heavy (non-hydrogen) atoms. The minimum Gasteiger partial charge on any atom is -0.396 e. The van der Waals surface area contributed by atoms with Crippen LogP contribution in [0, 0.1) is 5.92 Å². The number of H-pyrrole nitrogens is 1. The number of likely N-dealkylation sites (tertiary alicyclic amines) is 1. The number of hydrogen-bond donors (Lipinski definition) is 2. The second kappa shape index (κ2) is 5.35. The van der Waals surface area contributed by atoms with E-state index in [1.165, 1.54) is 12.3 Å². The number of amides is 1. The molecule has 1 aromatic heterocycles. The number of aromatic amines is 1. The molecule has 0 spiro atoms. The van der Waals surface area contributed by atoms with Crippen molar-refractivity contribution in [2.75, 3.05) is 13.2 Å². The van der Waals surface area contributed by atoms with Crippen LogP contribution in [0.25, 0.3) is 0 Å². The van der Waals surface area contributed by atoms with Crippen LogP contribution < -0.4 is 5.56 Å². The lowest BCUT2D eigenvalue weighted by molar-refractivity contribution is 0.0488. The lowest BCUT2D eigenvalue weighted by Crippen LogP contribution is -2.46. The van der Waals surface area contributed by atoms with E-state index in [0.29, 0.717) is 12.1 Å². The zero-order valence-electron chi connectivity index (χ0n) is 10.4. The van der Waals surface area contributed by atoms with Gasteiger partial charge in [-0.15, -0.1) is 0 Å². The number of hydrogen-bond acceptors (Lipinski definition) is 3. The van der Waals surface area contributed by atoms with Crippen molar-refractivity contribution in [1.29, 1.82) is 0 Å². The van der Waals surface area contributed by atoms with Gasteiger partial charge >= 0.3 is 0 Å². The van der Waals surface area contributed by atoms with E-state index in [2.05, 4.69) is 4.98 Å². The van der Waals surface area contributed by atoms with Gasteiger partial charge in [0.25, 0.3) is 5.91 Å². The van der Waals surface area contributed by atoms with E-state index in [-0.39, 0.29) is 30.0 Å². The summed E-state index contributed by atoms with van der Waals surface area (Å²) in [6.07, 6.45) is 3.31. The largest absolute Gasteiger partial charge is 0.396 e. The van der Waals surface area contributed by atoms with E-state index in [4.69, 9.17) is 0 Å². The highest BCUT2D eigenvalue weighted by Crippen LogP contribution is 2.23. The predicted molar refractivity (Wildman–Crippen MR) is 67.4 cm³/mol. The number of piperidine rings is 1. The van der Waals surface area contributed by atoms with Crippen LogP contribution in [0.5, 0.6) is 0 Å². The topological polar surface area (TPSA) is 73.4 Å². The van der Waals surface area contributed by atoms with Crippen LogP contribution in [0.15, 0.2) is 23.1 Å². The molecule has 2 rings (SSSR count). The van der Waals surface area contributed by atoms with Crippen molar-refractivity contribution < 1.29 is 9.90 Å². The van der Waals surface area contributed by atoms with Gasteiger partial charge in [0.2, 0.25) is 5.56 Å². The Morgan fingerprint density at radius 3 is 3.00 bits per heavy atom. The fraction of sp³-hybridized carbons (Fsp3) is 0.538. The standard InChI is InChI=1S/C13H18N2O3/c1-9-2-3-10(8-16)7-15(9)13(18)11-4-5-14-12(17)6-11/h4-6,9-10,16H,2-3,7-8H2,1H3,(H,14,17). The maximum Gasteiger partial charge on any atom is 0.254 e. The molecular formula is C13H18N2O3. The zero-order valence-corrected chi connectivity index (χ0v) is 10.4. The Hall–Kier alpha value is -1.62. The highest BCUT2D eigenvalue weighted by atomic mass is 16.3. The van der Waals surface area contributed by atoms with Gasteiger partial charge in [-0.3, -0.25) is 9.59 Å². The lowest BCUT2D eigenvalue weighted by Gasteiger charge is -2.37. The molecule has 1 aromatic rings. The van der Waals surface area contributed by atoms with Gasteiger partial charge in [0, 0.05) is 37.0 Å². The van der Waals surface area contributed by atoms with E-state index in [1.807, 2.05) is 6.92 Å². The van der Waals surface area contributed by atoms with Crippen molar-refractivity contribution in [3.05, 3.63) is 34.2 Å². The molecule has 0 aromatic carbocycles. The second-order valence-electron chi connectivity index (χ2n) is 4.87. The molecule has 2 heterocycles. The summed E-state index contributed by atoms with van der Waals surface area (Å²) in [5.41, 5.74) is 0.133. The van der Waals surface area contributed by atoms with Gasteiger partial charge < -0.3 is 15.0 Å². The first-order valence-corrected chi connectivity index (χ1v) is 6.22. The predicted octanol–water partition coefficient (Wildman–Crippen LogP) is 0.608.